The van der Waals surface area contributed by atoms with E-state index in [-0.39, 0.29) is 10.6 Å². The number of non-ortho nitro benzene ring substituents is 1. The van der Waals surface area contributed by atoms with Gasteiger partial charge in [-0.05, 0) is 37.3 Å². The minimum atomic E-state index is -0.351. The van der Waals surface area contributed by atoms with E-state index in [4.69, 9.17) is 0 Å². The summed E-state index contributed by atoms with van der Waals surface area (Å²) in [6, 6.07) is 7.55. The summed E-state index contributed by atoms with van der Waals surface area (Å²) in [5.41, 5.74) is 1.33. The van der Waals surface area contributed by atoms with E-state index in [2.05, 4.69) is 12.2 Å². The molecule has 1 aliphatic carbocycles. The van der Waals surface area contributed by atoms with Crippen molar-refractivity contribution in [2.75, 3.05) is 6.54 Å². The third kappa shape index (κ3) is 4.04. The first-order chi connectivity index (χ1) is 9.70. The summed E-state index contributed by atoms with van der Waals surface area (Å²) < 4.78 is 0. The fourth-order valence-corrected chi connectivity index (χ4v) is 3.15. The molecule has 0 heterocycles. The zero-order chi connectivity index (χ0) is 14.4. The van der Waals surface area contributed by atoms with Gasteiger partial charge in [0.05, 0.1) is 4.92 Å². The zero-order valence-corrected chi connectivity index (χ0v) is 12.2. The Morgan fingerprint density at radius 3 is 2.60 bits per heavy atom. The summed E-state index contributed by atoms with van der Waals surface area (Å²) in [7, 11) is 0. The van der Waals surface area contributed by atoms with E-state index in [0.717, 1.165) is 24.4 Å². The van der Waals surface area contributed by atoms with Crippen LogP contribution < -0.4 is 5.32 Å². The van der Waals surface area contributed by atoms with Crippen LogP contribution in [0.2, 0.25) is 0 Å². The molecule has 0 spiro atoms. The lowest BCUT2D eigenvalue weighted by Crippen LogP contribution is -2.39. The molecule has 1 aromatic rings. The van der Waals surface area contributed by atoms with E-state index >= 15 is 0 Å². The van der Waals surface area contributed by atoms with Gasteiger partial charge in [-0.1, -0.05) is 38.3 Å². The quantitative estimate of drug-likeness (QED) is 0.636. The van der Waals surface area contributed by atoms with Crippen molar-refractivity contribution in [1.29, 1.82) is 0 Å². The second-order valence-corrected chi connectivity index (χ2v) is 5.69. The molecule has 1 N–H and O–H groups in total. The number of nitro groups is 1. The Kier molecular flexibility index (Phi) is 5.53. The molecule has 0 bridgehead atoms. The number of nitrogens with zero attached hydrogens (tertiary/aromatic N) is 1. The first kappa shape index (κ1) is 15.0. The first-order valence-electron chi connectivity index (χ1n) is 7.67. The Balaban J connectivity index is 1.78. The van der Waals surface area contributed by atoms with Gasteiger partial charge in [-0.25, -0.2) is 0 Å². The predicted octanol–water partition coefficient (Wildman–Crippen LogP) is 3.70. The number of nitro benzene ring substituents is 1. The van der Waals surface area contributed by atoms with Gasteiger partial charge in [0.15, 0.2) is 0 Å². The molecule has 110 valence electrons. The van der Waals surface area contributed by atoms with E-state index in [1.165, 1.54) is 32.1 Å². The fourth-order valence-electron chi connectivity index (χ4n) is 3.15. The molecule has 1 fully saturated rings. The standard InChI is InChI=1S/C16H24N2O2/c1-2-14-5-3-4-6-16(14)17-12-11-13-7-9-15(10-8-13)18(19)20/h7-10,14,16-17H,2-6,11-12H2,1H3. The molecule has 4 heteroatoms. The molecule has 2 rings (SSSR count). The van der Waals surface area contributed by atoms with Crippen molar-refractivity contribution in [3.8, 4) is 0 Å². The lowest BCUT2D eigenvalue weighted by Gasteiger charge is -2.31. The van der Waals surface area contributed by atoms with Crippen molar-refractivity contribution >= 4 is 5.69 Å². The molecule has 0 saturated heterocycles. The Morgan fingerprint density at radius 1 is 1.25 bits per heavy atom. The third-order valence-electron chi connectivity index (χ3n) is 4.40. The van der Waals surface area contributed by atoms with Crippen molar-refractivity contribution in [3.63, 3.8) is 0 Å². The summed E-state index contributed by atoms with van der Waals surface area (Å²) >= 11 is 0. The summed E-state index contributed by atoms with van der Waals surface area (Å²) in [6.45, 7) is 3.24. The second kappa shape index (κ2) is 7.39. The lowest BCUT2D eigenvalue weighted by atomic mass is 9.83. The number of hydrogen-bond donors (Lipinski definition) is 1. The highest BCUT2D eigenvalue weighted by Crippen LogP contribution is 2.26. The van der Waals surface area contributed by atoms with Gasteiger partial charge in [0.25, 0.3) is 5.69 Å². The molecule has 0 aromatic heterocycles. The normalized spacial score (nSPS) is 22.6. The van der Waals surface area contributed by atoms with Crippen LogP contribution in [0.3, 0.4) is 0 Å². The third-order valence-corrected chi connectivity index (χ3v) is 4.40. The minimum Gasteiger partial charge on any atom is -0.313 e. The van der Waals surface area contributed by atoms with Crippen molar-refractivity contribution in [2.45, 2.75) is 51.5 Å². The van der Waals surface area contributed by atoms with Crippen molar-refractivity contribution in [1.82, 2.24) is 5.32 Å². The predicted molar refractivity (Wildman–Crippen MR) is 80.8 cm³/mol. The van der Waals surface area contributed by atoms with Crippen LogP contribution in [0.1, 0.15) is 44.6 Å². The van der Waals surface area contributed by atoms with Crippen LogP contribution in [-0.4, -0.2) is 17.5 Å². The Morgan fingerprint density at radius 2 is 1.95 bits per heavy atom. The lowest BCUT2D eigenvalue weighted by molar-refractivity contribution is -0.384. The van der Waals surface area contributed by atoms with Crippen molar-refractivity contribution in [2.24, 2.45) is 5.92 Å². The Labute approximate surface area is 120 Å². The smallest absolute Gasteiger partial charge is 0.269 e. The van der Waals surface area contributed by atoms with Gasteiger partial charge in [0.1, 0.15) is 0 Å². The molecular formula is C16H24N2O2. The number of benzene rings is 1. The molecular weight excluding hydrogens is 252 g/mol. The van der Waals surface area contributed by atoms with Crippen LogP contribution in [0.5, 0.6) is 0 Å². The molecule has 2 unspecified atom stereocenters. The van der Waals surface area contributed by atoms with Crippen LogP contribution in [-0.2, 0) is 6.42 Å². The number of hydrogen-bond acceptors (Lipinski definition) is 3. The van der Waals surface area contributed by atoms with E-state index < -0.39 is 0 Å². The summed E-state index contributed by atoms with van der Waals surface area (Å²) in [4.78, 5) is 10.2. The van der Waals surface area contributed by atoms with Gasteiger partial charge in [0.2, 0.25) is 0 Å². The Hall–Kier alpha value is -1.42. The maximum absolute atomic E-state index is 10.6. The highest BCUT2D eigenvalue weighted by Gasteiger charge is 2.22. The van der Waals surface area contributed by atoms with Crippen LogP contribution in [0, 0.1) is 16.0 Å². The molecule has 4 nitrogen and oxygen atoms in total. The van der Waals surface area contributed by atoms with E-state index in [1.807, 2.05) is 12.1 Å². The molecule has 1 aliphatic rings. The molecule has 0 aliphatic heterocycles. The molecule has 0 radical (unpaired) electrons. The molecule has 1 saturated carbocycles. The number of nitrogens with one attached hydrogen (secondary N) is 1. The Bertz CT molecular complexity index is 431. The van der Waals surface area contributed by atoms with Crippen molar-refractivity contribution in [3.05, 3.63) is 39.9 Å². The van der Waals surface area contributed by atoms with Gasteiger partial charge >= 0.3 is 0 Å². The van der Waals surface area contributed by atoms with Crippen LogP contribution in [0.25, 0.3) is 0 Å². The molecule has 2 atom stereocenters. The first-order valence-corrected chi connectivity index (χ1v) is 7.67. The zero-order valence-electron chi connectivity index (χ0n) is 12.2. The summed E-state index contributed by atoms with van der Waals surface area (Å²) in [5.74, 6) is 0.820. The SMILES string of the molecule is CCC1CCCCC1NCCc1ccc([N+](=O)[O-])cc1. The summed E-state index contributed by atoms with van der Waals surface area (Å²) in [5, 5.41) is 14.3. The minimum absolute atomic E-state index is 0.167. The maximum atomic E-state index is 10.6. The van der Waals surface area contributed by atoms with Gasteiger partial charge in [-0.15, -0.1) is 0 Å². The van der Waals surface area contributed by atoms with Gasteiger partial charge in [-0.2, -0.15) is 0 Å². The maximum Gasteiger partial charge on any atom is 0.269 e. The van der Waals surface area contributed by atoms with Crippen LogP contribution in [0.15, 0.2) is 24.3 Å². The van der Waals surface area contributed by atoms with Crippen LogP contribution in [0.4, 0.5) is 5.69 Å². The largest absolute Gasteiger partial charge is 0.313 e. The van der Waals surface area contributed by atoms with Crippen LogP contribution >= 0.6 is 0 Å². The number of rotatable bonds is 6. The van der Waals surface area contributed by atoms with E-state index in [1.54, 1.807) is 12.1 Å². The monoisotopic (exact) mass is 276 g/mol. The summed E-state index contributed by atoms with van der Waals surface area (Å²) in [6.07, 6.45) is 7.55. The molecule has 0 amide bonds. The topological polar surface area (TPSA) is 55.2 Å². The second-order valence-electron chi connectivity index (χ2n) is 5.69. The van der Waals surface area contributed by atoms with Gasteiger partial charge in [-0.3, -0.25) is 10.1 Å². The van der Waals surface area contributed by atoms with E-state index in [9.17, 15) is 10.1 Å². The van der Waals surface area contributed by atoms with Crippen molar-refractivity contribution < 1.29 is 4.92 Å². The van der Waals surface area contributed by atoms with Gasteiger partial charge in [0, 0.05) is 18.2 Å². The molecule has 1 aromatic carbocycles. The van der Waals surface area contributed by atoms with E-state index in [0.29, 0.717) is 6.04 Å². The van der Waals surface area contributed by atoms with Gasteiger partial charge < -0.3 is 5.32 Å². The molecule has 20 heavy (non-hydrogen) atoms. The average molecular weight is 276 g/mol. The fraction of sp³-hybridized carbons (Fsp3) is 0.625. The average Bonchev–Trinajstić information content (AvgIpc) is 2.48. The highest BCUT2D eigenvalue weighted by molar-refractivity contribution is 5.32. The highest BCUT2D eigenvalue weighted by atomic mass is 16.6.